The number of carbonyl (C=O) groups excluding carboxylic acids is 2. The summed E-state index contributed by atoms with van der Waals surface area (Å²) in [6.45, 7) is 10.5. The zero-order valence-electron chi connectivity index (χ0n) is 15.9. The summed E-state index contributed by atoms with van der Waals surface area (Å²) in [6, 6.07) is 0. The van der Waals surface area contributed by atoms with Gasteiger partial charge in [-0.3, -0.25) is 4.79 Å². The van der Waals surface area contributed by atoms with Crippen LogP contribution in [0.15, 0.2) is 0 Å². The Bertz CT molecular complexity index is 451. The molecule has 0 aliphatic carbocycles. The number of nitrogens with one attached hydrogen (secondary N) is 2. The second kappa shape index (κ2) is 8.36. The Morgan fingerprint density at radius 1 is 1.20 bits per heavy atom. The van der Waals surface area contributed by atoms with Gasteiger partial charge >= 0.3 is 12.1 Å². The first-order valence-electron chi connectivity index (χ1n) is 9.16. The molecular formula is C18H32N2O5. The summed E-state index contributed by atoms with van der Waals surface area (Å²) < 4.78 is 16.4. The number of amides is 1. The normalized spacial score (nSPS) is 29.9. The summed E-state index contributed by atoms with van der Waals surface area (Å²) >= 11 is 0. The van der Waals surface area contributed by atoms with Crippen molar-refractivity contribution in [3.8, 4) is 0 Å². The lowest BCUT2D eigenvalue weighted by molar-refractivity contribution is -0.145. The van der Waals surface area contributed by atoms with Gasteiger partial charge in [0.1, 0.15) is 5.60 Å². The highest BCUT2D eigenvalue weighted by atomic mass is 16.6. The van der Waals surface area contributed by atoms with E-state index in [1.807, 2.05) is 20.8 Å². The van der Waals surface area contributed by atoms with Gasteiger partial charge in [-0.1, -0.05) is 0 Å². The maximum absolute atomic E-state index is 12.5. The van der Waals surface area contributed by atoms with Crippen LogP contribution in [0, 0.1) is 11.8 Å². The molecule has 3 saturated heterocycles. The highest BCUT2D eigenvalue weighted by Crippen LogP contribution is 2.33. The number of hydrogen-bond donors (Lipinski definition) is 2. The molecule has 2 bridgehead atoms. The fraction of sp³-hybridized carbons (Fsp3) is 0.889. The Hall–Kier alpha value is -1.34. The number of rotatable bonds is 4. The minimum absolute atomic E-state index is 0.160. The lowest BCUT2D eigenvalue weighted by Gasteiger charge is -2.43. The molecule has 2 N–H and O–H groups in total. The molecule has 0 aromatic heterocycles. The van der Waals surface area contributed by atoms with Crippen molar-refractivity contribution in [2.75, 3.05) is 32.9 Å². The van der Waals surface area contributed by atoms with Gasteiger partial charge in [-0.15, -0.1) is 0 Å². The van der Waals surface area contributed by atoms with Gasteiger partial charge in [0, 0.05) is 13.1 Å². The Balaban J connectivity index is 2.21. The van der Waals surface area contributed by atoms with Gasteiger partial charge in [-0.25, -0.2) is 4.79 Å². The van der Waals surface area contributed by atoms with Crippen molar-refractivity contribution >= 4 is 12.1 Å². The largest absolute Gasteiger partial charge is 0.466 e. The van der Waals surface area contributed by atoms with Gasteiger partial charge in [0.05, 0.1) is 31.8 Å². The predicted octanol–water partition coefficient (Wildman–Crippen LogP) is 1.85. The molecule has 7 heteroatoms. The third kappa shape index (κ3) is 6.47. The van der Waals surface area contributed by atoms with Crippen LogP contribution in [0.25, 0.3) is 0 Å². The molecule has 0 aromatic rings. The number of esters is 1. The summed E-state index contributed by atoms with van der Waals surface area (Å²) in [7, 11) is 0. The number of carbonyl (C=O) groups is 2. The maximum atomic E-state index is 12.5. The van der Waals surface area contributed by atoms with E-state index < -0.39 is 17.2 Å². The summed E-state index contributed by atoms with van der Waals surface area (Å²) in [6.07, 6.45) is 1.00. The average Bonchev–Trinajstić information content (AvgIpc) is 2.38. The second-order valence-corrected chi connectivity index (χ2v) is 8.23. The average molecular weight is 356 g/mol. The Kier molecular flexibility index (Phi) is 6.68. The van der Waals surface area contributed by atoms with E-state index in [-0.39, 0.29) is 24.2 Å². The standard InChI is InChI=1S/C18H32N2O5/c1-5-24-15(21)8-18(20-16(22)25-17(2,3)4)6-13-9-19-10-14(7-18)12-23-11-13/h13-14,19H,5-12H2,1-4H3,(H,20,22). The molecule has 0 aromatic carbocycles. The Morgan fingerprint density at radius 3 is 2.32 bits per heavy atom. The highest BCUT2D eigenvalue weighted by molar-refractivity contribution is 5.74. The lowest BCUT2D eigenvalue weighted by Crippen LogP contribution is -2.57. The van der Waals surface area contributed by atoms with Gasteiger partial charge in [0.15, 0.2) is 0 Å². The molecule has 3 aliphatic heterocycles. The van der Waals surface area contributed by atoms with E-state index in [0.29, 0.717) is 32.7 Å². The minimum Gasteiger partial charge on any atom is -0.466 e. The molecule has 3 aliphatic rings. The Morgan fingerprint density at radius 2 is 1.80 bits per heavy atom. The molecule has 7 nitrogen and oxygen atoms in total. The van der Waals surface area contributed by atoms with E-state index in [0.717, 1.165) is 13.1 Å². The van der Waals surface area contributed by atoms with Crippen molar-refractivity contribution in [3.63, 3.8) is 0 Å². The van der Waals surface area contributed by atoms with Crippen LogP contribution in [0.5, 0.6) is 0 Å². The van der Waals surface area contributed by atoms with Crippen molar-refractivity contribution < 1.29 is 23.8 Å². The summed E-state index contributed by atoms with van der Waals surface area (Å²) in [5.74, 6) is 0.169. The molecule has 3 heterocycles. The minimum atomic E-state index is -0.657. The van der Waals surface area contributed by atoms with E-state index >= 15 is 0 Å². The van der Waals surface area contributed by atoms with Gasteiger partial charge in [0.2, 0.25) is 0 Å². The molecule has 0 saturated carbocycles. The number of hydrogen-bond acceptors (Lipinski definition) is 6. The van der Waals surface area contributed by atoms with E-state index in [2.05, 4.69) is 10.6 Å². The van der Waals surface area contributed by atoms with E-state index in [1.165, 1.54) is 0 Å². The monoisotopic (exact) mass is 356 g/mol. The van der Waals surface area contributed by atoms with E-state index in [4.69, 9.17) is 14.2 Å². The quantitative estimate of drug-likeness (QED) is 0.748. The fourth-order valence-corrected chi connectivity index (χ4v) is 3.76. The van der Waals surface area contributed by atoms with Crippen LogP contribution in [0.3, 0.4) is 0 Å². The van der Waals surface area contributed by atoms with Crippen molar-refractivity contribution in [3.05, 3.63) is 0 Å². The molecule has 25 heavy (non-hydrogen) atoms. The van der Waals surface area contributed by atoms with Crippen LogP contribution in [-0.4, -0.2) is 56.1 Å². The molecule has 1 amide bonds. The number of ether oxygens (including phenoxy) is 3. The van der Waals surface area contributed by atoms with Crippen LogP contribution in [0.4, 0.5) is 4.79 Å². The van der Waals surface area contributed by atoms with Crippen LogP contribution < -0.4 is 10.6 Å². The Labute approximate surface area is 150 Å². The fourth-order valence-electron chi connectivity index (χ4n) is 3.76. The first kappa shape index (κ1) is 20.0. The summed E-state index contributed by atoms with van der Waals surface area (Å²) in [5.41, 5.74) is -1.24. The maximum Gasteiger partial charge on any atom is 0.408 e. The summed E-state index contributed by atoms with van der Waals surface area (Å²) in [4.78, 5) is 24.7. The topological polar surface area (TPSA) is 85.9 Å². The predicted molar refractivity (Wildman–Crippen MR) is 93.3 cm³/mol. The highest BCUT2D eigenvalue weighted by Gasteiger charge is 2.42. The van der Waals surface area contributed by atoms with Gasteiger partial charge < -0.3 is 24.8 Å². The lowest BCUT2D eigenvalue weighted by atomic mass is 9.76. The zero-order chi connectivity index (χ0) is 18.5. The van der Waals surface area contributed by atoms with Crippen LogP contribution in [0.2, 0.25) is 0 Å². The summed E-state index contributed by atoms with van der Waals surface area (Å²) in [5, 5.41) is 6.49. The molecule has 3 rings (SSSR count). The van der Waals surface area contributed by atoms with Crippen molar-refractivity contribution in [1.82, 2.24) is 10.6 Å². The van der Waals surface area contributed by atoms with E-state index in [1.54, 1.807) is 6.92 Å². The molecule has 2 atom stereocenters. The van der Waals surface area contributed by atoms with Crippen LogP contribution in [0.1, 0.15) is 47.0 Å². The van der Waals surface area contributed by atoms with Crippen LogP contribution in [-0.2, 0) is 19.0 Å². The zero-order valence-corrected chi connectivity index (χ0v) is 15.9. The third-order valence-electron chi connectivity index (χ3n) is 4.49. The van der Waals surface area contributed by atoms with Gasteiger partial charge in [-0.05, 0) is 52.4 Å². The number of fused-ring (bicyclic) bond motifs is 6. The first-order chi connectivity index (χ1) is 11.7. The third-order valence-corrected chi connectivity index (χ3v) is 4.49. The van der Waals surface area contributed by atoms with Gasteiger partial charge in [0.25, 0.3) is 0 Å². The van der Waals surface area contributed by atoms with Crippen molar-refractivity contribution in [2.45, 2.75) is 58.1 Å². The van der Waals surface area contributed by atoms with E-state index in [9.17, 15) is 9.59 Å². The second-order valence-electron chi connectivity index (χ2n) is 8.23. The van der Waals surface area contributed by atoms with Crippen molar-refractivity contribution in [2.24, 2.45) is 11.8 Å². The SMILES string of the molecule is CCOC(=O)CC1(NC(=O)OC(C)(C)C)CC2CNCC(COC2)C1. The molecule has 0 spiro atoms. The molecule has 3 fully saturated rings. The molecule has 0 radical (unpaired) electrons. The number of alkyl carbamates (subject to hydrolysis) is 1. The van der Waals surface area contributed by atoms with Crippen LogP contribution >= 0.6 is 0 Å². The molecule has 2 unspecified atom stereocenters. The van der Waals surface area contributed by atoms with Crippen molar-refractivity contribution in [1.29, 1.82) is 0 Å². The van der Waals surface area contributed by atoms with Gasteiger partial charge in [-0.2, -0.15) is 0 Å². The first-order valence-corrected chi connectivity index (χ1v) is 9.16. The smallest absolute Gasteiger partial charge is 0.408 e. The molecule has 144 valence electrons. The molecular weight excluding hydrogens is 324 g/mol.